The molecule has 4 atom stereocenters. The van der Waals surface area contributed by atoms with Gasteiger partial charge in [-0.05, 0) is 43.7 Å². The van der Waals surface area contributed by atoms with E-state index in [1.54, 1.807) is 18.4 Å². The molecule has 2 aromatic rings. The highest BCUT2D eigenvalue weighted by Gasteiger charge is 2.43. The predicted molar refractivity (Wildman–Crippen MR) is 120 cm³/mol. The number of aromatic nitrogens is 1. The van der Waals surface area contributed by atoms with E-state index in [-0.39, 0.29) is 11.9 Å². The number of carbonyl (C=O) groups is 1. The largest absolute Gasteiger partial charge is 0.497 e. The van der Waals surface area contributed by atoms with Crippen LogP contribution in [0.15, 0.2) is 35.6 Å². The second-order valence-corrected chi connectivity index (χ2v) is 9.93. The molecule has 7 nitrogen and oxygen atoms in total. The third kappa shape index (κ3) is 4.32. The van der Waals surface area contributed by atoms with Crippen LogP contribution in [-0.2, 0) is 16.2 Å². The van der Waals surface area contributed by atoms with Crippen molar-refractivity contribution in [1.29, 1.82) is 0 Å². The minimum Gasteiger partial charge on any atom is -0.497 e. The van der Waals surface area contributed by atoms with E-state index < -0.39 is 6.10 Å². The number of hydrogen-bond acceptors (Lipinski definition) is 7. The molecule has 1 N–H and O–H groups in total. The molecule has 1 aliphatic carbocycles. The van der Waals surface area contributed by atoms with Crippen LogP contribution in [0.3, 0.4) is 0 Å². The molecule has 1 saturated heterocycles. The number of nitrogens with one attached hydrogen (secondary N) is 1. The first-order valence-corrected chi connectivity index (χ1v) is 11.7. The number of thiazole rings is 1. The zero-order chi connectivity index (χ0) is 21.4. The molecule has 3 aliphatic rings. The summed E-state index contributed by atoms with van der Waals surface area (Å²) in [7, 11) is 1.68. The zero-order valence-electron chi connectivity index (χ0n) is 17.9. The van der Waals surface area contributed by atoms with Crippen LogP contribution >= 0.6 is 11.3 Å². The third-order valence-corrected chi connectivity index (χ3v) is 7.61. The fourth-order valence-corrected chi connectivity index (χ4v) is 6.02. The normalized spacial score (nSPS) is 27.6. The second kappa shape index (κ2) is 8.59. The van der Waals surface area contributed by atoms with Gasteiger partial charge in [0, 0.05) is 48.7 Å². The average Bonchev–Trinajstić information content (AvgIpc) is 3.47. The summed E-state index contributed by atoms with van der Waals surface area (Å²) in [6, 6.07) is 8.29. The van der Waals surface area contributed by atoms with Gasteiger partial charge in [0.15, 0.2) is 0 Å². The molecule has 2 bridgehead atoms. The van der Waals surface area contributed by atoms with E-state index in [0.29, 0.717) is 18.3 Å². The number of carbonyl (C=O) groups excluding carboxylic acids is 1. The van der Waals surface area contributed by atoms with Gasteiger partial charge < -0.3 is 14.9 Å². The number of likely N-dealkylation sites (tertiary alicyclic amines) is 1. The first-order valence-electron chi connectivity index (χ1n) is 10.9. The topological polar surface area (TPSA) is 76.0 Å². The number of methoxy groups -OCH3 is 1. The van der Waals surface area contributed by atoms with Crippen LogP contribution in [0.1, 0.15) is 31.1 Å². The Morgan fingerprint density at radius 2 is 2.13 bits per heavy atom. The van der Waals surface area contributed by atoms with Crippen molar-refractivity contribution in [3.63, 3.8) is 0 Å². The van der Waals surface area contributed by atoms with E-state index in [0.717, 1.165) is 41.7 Å². The van der Waals surface area contributed by atoms with Crippen molar-refractivity contribution >= 4 is 23.0 Å². The van der Waals surface area contributed by atoms with E-state index in [4.69, 9.17) is 9.57 Å². The molecule has 1 aromatic heterocycles. The average molecular weight is 441 g/mol. The SMILES string of the molecule is COc1cccc(-c2ncc(CN3C[C@H]4CC[C@@H](C3)C4NC(=O)C3CC(C)=NO3)s2)c1. The first-order chi connectivity index (χ1) is 15.1. The highest BCUT2D eigenvalue weighted by atomic mass is 32.1. The Bertz CT molecular complexity index is 977. The van der Waals surface area contributed by atoms with Crippen LogP contribution in [-0.4, -0.2) is 53.8 Å². The van der Waals surface area contributed by atoms with Crippen molar-refractivity contribution in [1.82, 2.24) is 15.2 Å². The molecule has 2 unspecified atom stereocenters. The van der Waals surface area contributed by atoms with Gasteiger partial charge in [0.2, 0.25) is 6.10 Å². The predicted octanol–water partition coefficient (Wildman–Crippen LogP) is 3.31. The van der Waals surface area contributed by atoms with Gasteiger partial charge in [0.25, 0.3) is 5.91 Å². The summed E-state index contributed by atoms with van der Waals surface area (Å²) in [6.07, 6.45) is 4.48. The maximum Gasteiger partial charge on any atom is 0.264 e. The molecular weight excluding hydrogens is 412 g/mol. The Kier molecular flexibility index (Phi) is 5.67. The summed E-state index contributed by atoms with van der Waals surface area (Å²) in [5.41, 5.74) is 1.97. The quantitative estimate of drug-likeness (QED) is 0.746. The molecule has 1 amide bonds. The van der Waals surface area contributed by atoms with Crippen molar-refractivity contribution in [2.45, 2.75) is 44.9 Å². The molecule has 0 radical (unpaired) electrons. The number of piperidine rings is 1. The van der Waals surface area contributed by atoms with Crippen molar-refractivity contribution in [2.75, 3.05) is 20.2 Å². The maximum atomic E-state index is 12.6. The summed E-state index contributed by atoms with van der Waals surface area (Å²) >= 11 is 1.74. The molecule has 1 aromatic carbocycles. The lowest BCUT2D eigenvalue weighted by molar-refractivity contribution is -0.132. The molecule has 31 heavy (non-hydrogen) atoms. The van der Waals surface area contributed by atoms with Crippen LogP contribution < -0.4 is 10.1 Å². The van der Waals surface area contributed by atoms with Gasteiger partial charge in [-0.25, -0.2) is 4.98 Å². The van der Waals surface area contributed by atoms with Crippen LogP contribution in [0, 0.1) is 11.8 Å². The summed E-state index contributed by atoms with van der Waals surface area (Å²) in [5, 5.41) is 8.21. The minimum atomic E-state index is -0.454. The van der Waals surface area contributed by atoms with Crippen molar-refractivity contribution in [2.24, 2.45) is 17.0 Å². The van der Waals surface area contributed by atoms with E-state index >= 15 is 0 Å². The maximum absolute atomic E-state index is 12.6. The van der Waals surface area contributed by atoms with E-state index in [1.165, 1.54) is 17.7 Å². The number of nitrogens with zero attached hydrogens (tertiary/aromatic N) is 3. The highest BCUT2D eigenvalue weighted by Crippen LogP contribution is 2.38. The molecule has 2 aliphatic heterocycles. The molecule has 5 rings (SSSR count). The summed E-state index contributed by atoms with van der Waals surface area (Å²) in [4.78, 5) is 26.3. The summed E-state index contributed by atoms with van der Waals surface area (Å²) < 4.78 is 5.33. The highest BCUT2D eigenvalue weighted by molar-refractivity contribution is 7.15. The number of hydrogen-bond donors (Lipinski definition) is 1. The van der Waals surface area contributed by atoms with Crippen LogP contribution in [0.4, 0.5) is 0 Å². The monoisotopic (exact) mass is 440 g/mol. The number of fused-ring (bicyclic) bond motifs is 2. The number of rotatable bonds is 6. The standard InChI is InChI=1S/C23H28N4O3S/c1-14-8-20(30-26-14)22(28)25-21-16-6-7-17(21)12-27(11-16)13-19-10-24-23(31-19)15-4-3-5-18(9-15)29-2/h3-5,9-10,16-17,20-21H,6-8,11-13H2,1-2H3,(H,25,28)/t16-,17+,20?,21?. The van der Waals surface area contributed by atoms with Crippen molar-refractivity contribution in [3.05, 3.63) is 35.3 Å². The molecule has 164 valence electrons. The van der Waals surface area contributed by atoms with Gasteiger partial charge in [-0.3, -0.25) is 9.69 Å². The Morgan fingerprint density at radius 3 is 2.84 bits per heavy atom. The van der Waals surface area contributed by atoms with E-state index in [1.807, 2.05) is 31.3 Å². The van der Waals surface area contributed by atoms with Gasteiger partial charge in [0.05, 0.1) is 12.8 Å². The van der Waals surface area contributed by atoms with Crippen molar-refractivity contribution < 1.29 is 14.4 Å². The molecule has 3 heterocycles. The van der Waals surface area contributed by atoms with Gasteiger partial charge in [0.1, 0.15) is 10.8 Å². The van der Waals surface area contributed by atoms with Crippen molar-refractivity contribution in [3.8, 4) is 16.3 Å². The Morgan fingerprint density at radius 1 is 1.32 bits per heavy atom. The zero-order valence-corrected chi connectivity index (χ0v) is 18.7. The Balaban J connectivity index is 1.19. The van der Waals surface area contributed by atoms with Gasteiger partial charge in [-0.15, -0.1) is 11.3 Å². The fourth-order valence-electron chi connectivity index (χ4n) is 5.07. The summed E-state index contributed by atoms with van der Waals surface area (Å²) in [5.74, 6) is 1.83. The van der Waals surface area contributed by atoms with Gasteiger partial charge >= 0.3 is 0 Å². The van der Waals surface area contributed by atoms with E-state index in [2.05, 4.69) is 26.4 Å². The molecule has 8 heteroatoms. The smallest absolute Gasteiger partial charge is 0.264 e. The second-order valence-electron chi connectivity index (χ2n) is 8.81. The molecule has 2 fully saturated rings. The molecule has 0 spiro atoms. The van der Waals surface area contributed by atoms with Crippen LogP contribution in [0.2, 0.25) is 0 Å². The minimum absolute atomic E-state index is 0.0127. The summed E-state index contributed by atoms with van der Waals surface area (Å²) in [6.45, 7) is 4.83. The van der Waals surface area contributed by atoms with Gasteiger partial charge in [-0.1, -0.05) is 17.3 Å². The lowest BCUT2D eigenvalue weighted by atomic mass is 9.91. The third-order valence-electron chi connectivity index (χ3n) is 6.58. The van der Waals surface area contributed by atoms with Crippen LogP contribution in [0.5, 0.6) is 5.75 Å². The molecule has 1 saturated carbocycles. The number of amides is 1. The van der Waals surface area contributed by atoms with E-state index in [9.17, 15) is 4.79 Å². The Hall–Kier alpha value is -2.45. The lowest BCUT2D eigenvalue weighted by Crippen LogP contribution is -2.54. The van der Waals surface area contributed by atoms with Gasteiger partial charge in [-0.2, -0.15) is 0 Å². The number of oxime groups is 1. The fraction of sp³-hybridized carbons (Fsp3) is 0.522. The molecular formula is C23H28N4O3S. The van der Waals surface area contributed by atoms with Crippen LogP contribution in [0.25, 0.3) is 10.6 Å². The first kappa shape index (κ1) is 20.5. The Labute approximate surface area is 186 Å². The number of ether oxygens (including phenoxy) is 1. The lowest BCUT2D eigenvalue weighted by Gasteiger charge is -2.38. The number of benzene rings is 1.